The normalized spacial score (nSPS) is 12.1. The predicted octanol–water partition coefficient (Wildman–Crippen LogP) is 1.17. The first-order valence-electron chi connectivity index (χ1n) is 5.03. The van der Waals surface area contributed by atoms with E-state index in [-0.39, 0.29) is 4.90 Å². The molecule has 1 N–H and O–H groups in total. The van der Waals surface area contributed by atoms with E-state index in [0.29, 0.717) is 11.3 Å². The summed E-state index contributed by atoms with van der Waals surface area (Å²) in [6.07, 6.45) is 0.476. The molecule has 6 nitrogen and oxygen atoms in total. The van der Waals surface area contributed by atoms with Crippen LogP contribution in [0.25, 0.3) is 0 Å². The van der Waals surface area contributed by atoms with Gasteiger partial charge >= 0.3 is 6.09 Å². The Morgan fingerprint density at radius 3 is 2.28 bits per heavy atom. The molecule has 0 aliphatic heterocycles. The lowest BCUT2D eigenvalue weighted by atomic mass is 10.1. The number of hydrazone groups is 1. The maximum Gasteiger partial charge on any atom is 0.427 e. The van der Waals surface area contributed by atoms with E-state index in [1.165, 1.54) is 19.2 Å². The first-order chi connectivity index (χ1) is 8.34. The number of nitrogens with one attached hydrogen (secondary N) is 1. The minimum atomic E-state index is -3.20. The molecule has 1 aromatic rings. The highest BCUT2D eigenvalue weighted by molar-refractivity contribution is 7.90. The number of carbonyl (C=O) groups is 1. The molecule has 0 fully saturated rings. The van der Waals surface area contributed by atoms with Crippen molar-refractivity contribution in [2.75, 3.05) is 13.4 Å². The van der Waals surface area contributed by atoms with Crippen molar-refractivity contribution in [2.24, 2.45) is 5.10 Å². The standard InChI is InChI=1S/C11H14N2O4S/c1-8(12-13-11(14)17-2)9-4-6-10(7-5-9)18(3,15)16/h4-7H,1-3H3,(H,13,14)/b12-8-. The van der Waals surface area contributed by atoms with Crippen LogP contribution in [-0.2, 0) is 14.6 Å². The third-order valence-electron chi connectivity index (χ3n) is 2.20. The summed E-state index contributed by atoms with van der Waals surface area (Å²) in [5.74, 6) is 0. The minimum Gasteiger partial charge on any atom is -0.452 e. The van der Waals surface area contributed by atoms with Crippen LogP contribution in [-0.4, -0.2) is 33.6 Å². The number of hydrogen-bond acceptors (Lipinski definition) is 5. The van der Waals surface area contributed by atoms with Gasteiger partial charge in [-0.15, -0.1) is 0 Å². The number of carbonyl (C=O) groups excluding carboxylic acids is 1. The molecule has 1 rings (SSSR count). The lowest BCUT2D eigenvalue weighted by molar-refractivity contribution is 0.171. The second-order valence-electron chi connectivity index (χ2n) is 3.60. The Morgan fingerprint density at radius 2 is 1.83 bits per heavy atom. The van der Waals surface area contributed by atoms with Gasteiger partial charge in [-0.05, 0) is 24.6 Å². The Morgan fingerprint density at radius 1 is 1.28 bits per heavy atom. The molecular weight excluding hydrogens is 256 g/mol. The van der Waals surface area contributed by atoms with Crippen LogP contribution in [0.15, 0.2) is 34.3 Å². The van der Waals surface area contributed by atoms with Crippen LogP contribution >= 0.6 is 0 Å². The number of hydrogen-bond donors (Lipinski definition) is 1. The van der Waals surface area contributed by atoms with Gasteiger partial charge in [-0.3, -0.25) is 0 Å². The van der Waals surface area contributed by atoms with Gasteiger partial charge in [0, 0.05) is 6.26 Å². The molecule has 0 radical (unpaired) electrons. The molecule has 18 heavy (non-hydrogen) atoms. The van der Waals surface area contributed by atoms with Crippen molar-refractivity contribution in [3.8, 4) is 0 Å². The number of ether oxygens (including phenoxy) is 1. The number of sulfone groups is 1. The molecule has 0 aliphatic carbocycles. The van der Waals surface area contributed by atoms with E-state index in [4.69, 9.17) is 0 Å². The van der Waals surface area contributed by atoms with Gasteiger partial charge in [0.15, 0.2) is 9.84 Å². The SMILES string of the molecule is COC(=O)N/N=C(/C)c1ccc(S(C)(=O)=O)cc1. The van der Waals surface area contributed by atoms with Gasteiger partial charge in [0.2, 0.25) is 0 Å². The van der Waals surface area contributed by atoms with Gasteiger partial charge in [0.05, 0.1) is 17.7 Å². The van der Waals surface area contributed by atoms with E-state index < -0.39 is 15.9 Å². The third-order valence-corrected chi connectivity index (χ3v) is 3.33. The Labute approximate surface area is 106 Å². The van der Waals surface area contributed by atoms with Crippen LogP contribution in [0, 0.1) is 0 Å². The van der Waals surface area contributed by atoms with E-state index >= 15 is 0 Å². The van der Waals surface area contributed by atoms with E-state index in [0.717, 1.165) is 6.26 Å². The molecule has 7 heteroatoms. The molecule has 0 atom stereocenters. The van der Waals surface area contributed by atoms with Crippen LogP contribution in [0.5, 0.6) is 0 Å². The van der Waals surface area contributed by atoms with Gasteiger partial charge in [0.25, 0.3) is 0 Å². The van der Waals surface area contributed by atoms with Gasteiger partial charge in [-0.2, -0.15) is 5.10 Å². The Kier molecular flexibility index (Phi) is 4.43. The molecule has 0 spiro atoms. The van der Waals surface area contributed by atoms with Crippen molar-refractivity contribution in [2.45, 2.75) is 11.8 Å². The number of methoxy groups -OCH3 is 1. The molecule has 1 aromatic carbocycles. The van der Waals surface area contributed by atoms with Crippen LogP contribution in [0.4, 0.5) is 4.79 Å². The topological polar surface area (TPSA) is 84.8 Å². The number of amides is 1. The molecule has 1 amide bonds. The number of rotatable bonds is 3. The van der Waals surface area contributed by atoms with Gasteiger partial charge in [-0.25, -0.2) is 18.6 Å². The van der Waals surface area contributed by atoms with Crippen LogP contribution in [0.3, 0.4) is 0 Å². The monoisotopic (exact) mass is 270 g/mol. The number of benzene rings is 1. The summed E-state index contributed by atoms with van der Waals surface area (Å²) in [4.78, 5) is 11.0. The van der Waals surface area contributed by atoms with Crippen molar-refractivity contribution in [3.05, 3.63) is 29.8 Å². The van der Waals surface area contributed by atoms with E-state index in [9.17, 15) is 13.2 Å². The van der Waals surface area contributed by atoms with E-state index in [2.05, 4.69) is 15.3 Å². The Balaban J connectivity index is 2.89. The highest BCUT2D eigenvalue weighted by Gasteiger charge is 2.07. The number of nitrogens with zero attached hydrogens (tertiary/aromatic N) is 1. The summed E-state index contributed by atoms with van der Waals surface area (Å²) >= 11 is 0. The molecule has 98 valence electrons. The van der Waals surface area contributed by atoms with Crippen LogP contribution < -0.4 is 5.43 Å². The fraction of sp³-hybridized carbons (Fsp3) is 0.273. The van der Waals surface area contributed by atoms with Crippen molar-refractivity contribution in [1.82, 2.24) is 5.43 Å². The molecule has 0 saturated carbocycles. The quantitative estimate of drug-likeness (QED) is 0.660. The second-order valence-corrected chi connectivity index (χ2v) is 5.61. The average molecular weight is 270 g/mol. The first-order valence-corrected chi connectivity index (χ1v) is 6.92. The van der Waals surface area contributed by atoms with Crippen LogP contribution in [0.2, 0.25) is 0 Å². The van der Waals surface area contributed by atoms with Crippen molar-refractivity contribution >= 4 is 21.6 Å². The fourth-order valence-electron chi connectivity index (χ4n) is 1.18. The smallest absolute Gasteiger partial charge is 0.427 e. The summed E-state index contributed by atoms with van der Waals surface area (Å²) < 4.78 is 26.9. The highest BCUT2D eigenvalue weighted by Crippen LogP contribution is 2.10. The van der Waals surface area contributed by atoms with Crippen molar-refractivity contribution in [1.29, 1.82) is 0 Å². The summed E-state index contributed by atoms with van der Waals surface area (Å²) in [6.45, 7) is 1.69. The van der Waals surface area contributed by atoms with Gasteiger partial charge < -0.3 is 4.74 Å². The molecule has 0 unspecified atom stereocenters. The third kappa shape index (κ3) is 3.85. The van der Waals surface area contributed by atoms with Crippen LogP contribution in [0.1, 0.15) is 12.5 Å². The van der Waals surface area contributed by atoms with Gasteiger partial charge in [-0.1, -0.05) is 12.1 Å². The minimum absolute atomic E-state index is 0.236. The van der Waals surface area contributed by atoms with Crippen molar-refractivity contribution in [3.63, 3.8) is 0 Å². The Hall–Kier alpha value is -1.89. The lowest BCUT2D eigenvalue weighted by Crippen LogP contribution is -2.18. The molecule has 0 heterocycles. The summed E-state index contributed by atoms with van der Waals surface area (Å²) in [5.41, 5.74) is 3.43. The molecule has 0 bridgehead atoms. The molecular formula is C11H14N2O4S. The molecule has 0 saturated heterocycles. The molecule has 0 aromatic heterocycles. The lowest BCUT2D eigenvalue weighted by Gasteiger charge is -2.03. The summed E-state index contributed by atoms with van der Waals surface area (Å²) in [5, 5.41) is 3.80. The zero-order valence-corrected chi connectivity index (χ0v) is 11.1. The Bertz CT molecular complexity index is 561. The van der Waals surface area contributed by atoms with E-state index in [1.54, 1.807) is 19.1 Å². The maximum atomic E-state index is 11.3. The predicted molar refractivity (Wildman–Crippen MR) is 67.3 cm³/mol. The maximum absolute atomic E-state index is 11.3. The average Bonchev–Trinajstić information content (AvgIpc) is 2.34. The van der Waals surface area contributed by atoms with Gasteiger partial charge in [0.1, 0.15) is 0 Å². The summed E-state index contributed by atoms with van der Waals surface area (Å²) in [6, 6.07) is 6.21. The highest BCUT2D eigenvalue weighted by atomic mass is 32.2. The fourth-order valence-corrected chi connectivity index (χ4v) is 1.81. The largest absolute Gasteiger partial charge is 0.452 e. The zero-order valence-electron chi connectivity index (χ0n) is 10.3. The molecule has 0 aliphatic rings. The second kappa shape index (κ2) is 5.63. The summed E-state index contributed by atoms with van der Waals surface area (Å²) in [7, 11) is -1.97. The van der Waals surface area contributed by atoms with E-state index in [1.807, 2.05) is 0 Å². The van der Waals surface area contributed by atoms with Crippen molar-refractivity contribution < 1.29 is 17.9 Å². The zero-order chi connectivity index (χ0) is 13.8. The first kappa shape index (κ1) is 14.2.